The summed E-state index contributed by atoms with van der Waals surface area (Å²) in [4.78, 5) is 4.82. The second kappa shape index (κ2) is 13.3. The summed E-state index contributed by atoms with van der Waals surface area (Å²) in [5, 5.41) is 2.26. The lowest BCUT2D eigenvalue weighted by molar-refractivity contribution is 0.612. The van der Waals surface area contributed by atoms with Crippen LogP contribution in [0.25, 0.3) is 17.7 Å². The van der Waals surface area contributed by atoms with Gasteiger partial charge in [0.25, 0.3) is 0 Å². The van der Waals surface area contributed by atoms with Gasteiger partial charge in [0.2, 0.25) is 0 Å². The summed E-state index contributed by atoms with van der Waals surface area (Å²) in [6, 6.07) is 27.5. The van der Waals surface area contributed by atoms with Gasteiger partial charge >= 0.3 is 0 Å². The monoisotopic (exact) mass is 680 g/mol. The van der Waals surface area contributed by atoms with Crippen molar-refractivity contribution < 1.29 is 0 Å². The van der Waals surface area contributed by atoms with Gasteiger partial charge in [-0.1, -0.05) is 133 Å². The van der Waals surface area contributed by atoms with Gasteiger partial charge in [-0.05, 0) is 122 Å². The maximum atomic E-state index is 4.31. The Morgan fingerprint density at radius 1 is 0.750 bits per heavy atom. The average molecular weight is 681 g/mol. The molecule has 0 aromatic heterocycles. The molecule has 2 heterocycles. The Labute approximate surface area is 311 Å². The van der Waals surface area contributed by atoms with Gasteiger partial charge in [0.15, 0.2) is 0 Å². The molecular formula is C50H52N2. The summed E-state index contributed by atoms with van der Waals surface area (Å²) in [7, 11) is 4.47. The summed E-state index contributed by atoms with van der Waals surface area (Å²) in [6.45, 7) is 22.3. The molecule has 2 nitrogen and oxygen atoms in total. The minimum absolute atomic E-state index is 0.201. The minimum Gasteiger partial charge on any atom is -0.344 e. The molecule has 1 aliphatic carbocycles. The van der Waals surface area contributed by atoms with E-state index in [0.29, 0.717) is 0 Å². The fourth-order valence-corrected chi connectivity index (χ4v) is 8.55. The van der Waals surface area contributed by atoms with E-state index in [1.165, 1.54) is 83.6 Å². The zero-order valence-corrected chi connectivity index (χ0v) is 32.3. The third kappa shape index (κ3) is 5.75. The van der Waals surface area contributed by atoms with Crippen LogP contribution in [-0.2, 0) is 10.8 Å². The first kappa shape index (κ1) is 35.1. The van der Waals surface area contributed by atoms with E-state index in [1.807, 2.05) is 6.08 Å². The van der Waals surface area contributed by atoms with Crippen LogP contribution < -0.4 is 20.2 Å². The Morgan fingerprint density at radius 3 is 1.88 bits per heavy atom. The molecule has 0 fully saturated rings. The van der Waals surface area contributed by atoms with E-state index in [4.69, 9.17) is 0 Å². The first-order valence-electron chi connectivity index (χ1n) is 18.7. The van der Waals surface area contributed by atoms with Crippen LogP contribution in [0.3, 0.4) is 0 Å². The van der Waals surface area contributed by atoms with Gasteiger partial charge < -0.3 is 9.80 Å². The zero-order valence-electron chi connectivity index (χ0n) is 32.3. The quantitative estimate of drug-likeness (QED) is 0.187. The van der Waals surface area contributed by atoms with Crippen molar-refractivity contribution >= 4 is 40.5 Å². The second-order valence-electron chi connectivity index (χ2n) is 15.6. The third-order valence-corrected chi connectivity index (χ3v) is 11.8. The summed E-state index contributed by atoms with van der Waals surface area (Å²) >= 11 is 0. The number of anilines is 4. The SMILES string of the molecule is C=C\C=C/C(CC)=C(/C=C1/C=CC=CC1)c1ccc2c(c1)C(C)(C)c1cc3c(cc1N2C)C(C)(C)c1cc(/C(C)=c2\ccccc2=C)ccc1N3C. The number of rotatable bonds is 6. The van der Waals surface area contributed by atoms with E-state index in [9.17, 15) is 0 Å². The minimum atomic E-state index is -0.222. The molecule has 2 aliphatic heterocycles. The molecule has 2 heteroatoms. The molecule has 0 spiro atoms. The lowest BCUT2D eigenvalue weighted by atomic mass is 9.68. The fourth-order valence-electron chi connectivity index (χ4n) is 8.55. The Kier molecular flexibility index (Phi) is 8.99. The van der Waals surface area contributed by atoms with Crippen molar-refractivity contribution in [1.82, 2.24) is 0 Å². The molecule has 0 saturated heterocycles. The van der Waals surface area contributed by atoms with Crippen molar-refractivity contribution in [3.63, 3.8) is 0 Å². The van der Waals surface area contributed by atoms with Gasteiger partial charge in [0, 0.05) is 47.7 Å². The van der Waals surface area contributed by atoms with E-state index in [1.54, 1.807) is 0 Å². The van der Waals surface area contributed by atoms with E-state index in [0.717, 1.165) is 18.1 Å². The fraction of sp³-hybridized carbons (Fsp3) is 0.240. The maximum absolute atomic E-state index is 4.31. The van der Waals surface area contributed by atoms with Crippen LogP contribution in [0.1, 0.15) is 87.8 Å². The highest BCUT2D eigenvalue weighted by molar-refractivity contribution is 5.88. The predicted octanol–water partition coefficient (Wildman–Crippen LogP) is 11.5. The van der Waals surface area contributed by atoms with Crippen LogP contribution >= 0.6 is 0 Å². The molecule has 3 aliphatic rings. The van der Waals surface area contributed by atoms with Crippen molar-refractivity contribution in [2.45, 2.75) is 65.2 Å². The van der Waals surface area contributed by atoms with Gasteiger partial charge in [-0.3, -0.25) is 0 Å². The summed E-state index contributed by atoms with van der Waals surface area (Å²) in [5.41, 5.74) is 17.7. The van der Waals surface area contributed by atoms with E-state index < -0.39 is 0 Å². The average Bonchev–Trinajstić information content (AvgIpc) is 3.15. The Balaban J connectivity index is 1.36. The maximum Gasteiger partial charge on any atom is 0.0454 e. The van der Waals surface area contributed by atoms with E-state index in [2.05, 4.69) is 194 Å². The van der Waals surface area contributed by atoms with Crippen LogP contribution in [0.2, 0.25) is 0 Å². The topological polar surface area (TPSA) is 6.48 Å². The zero-order chi connectivity index (χ0) is 36.9. The summed E-state index contributed by atoms with van der Waals surface area (Å²) in [5.74, 6) is 0. The molecule has 0 amide bonds. The molecule has 0 radical (unpaired) electrons. The van der Waals surface area contributed by atoms with Crippen LogP contribution in [-0.4, -0.2) is 14.1 Å². The lowest BCUT2D eigenvalue weighted by Crippen LogP contribution is -2.35. The number of benzene rings is 4. The molecule has 0 atom stereocenters. The normalized spacial score (nSPS) is 18.4. The van der Waals surface area contributed by atoms with Gasteiger partial charge in [-0.15, -0.1) is 0 Å². The van der Waals surface area contributed by atoms with Crippen molar-refractivity contribution in [2.24, 2.45) is 0 Å². The molecule has 0 bridgehead atoms. The summed E-state index contributed by atoms with van der Waals surface area (Å²) in [6.07, 6.45) is 19.1. The van der Waals surface area contributed by atoms with Gasteiger partial charge in [0.05, 0.1) is 0 Å². The van der Waals surface area contributed by atoms with Crippen LogP contribution in [0.15, 0.2) is 139 Å². The molecule has 52 heavy (non-hydrogen) atoms. The number of nitrogens with zero attached hydrogens (tertiary/aromatic N) is 2. The molecule has 262 valence electrons. The Bertz CT molecular complexity index is 2390. The van der Waals surface area contributed by atoms with E-state index in [-0.39, 0.29) is 10.8 Å². The number of fused-ring (bicyclic) bond motifs is 4. The third-order valence-electron chi connectivity index (χ3n) is 11.8. The molecule has 7 rings (SSSR count). The Hall–Kier alpha value is -5.34. The molecule has 0 N–H and O–H groups in total. The van der Waals surface area contributed by atoms with Gasteiger partial charge in [0.1, 0.15) is 0 Å². The highest BCUT2D eigenvalue weighted by Crippen LogP contribution is 2.55. The highest BCUT2D eigenvalue weighted by atomic mass is 15.1. The van der Waals surface area contributed by atoms with E-state index >= 15 is 0 Å². The standard InChI is InChI=1S/C50H52N2/c1-11-13-22-36(12-2)40(28-35-20-15-14-16-21-35)38-25-27-46-42(30-38)50(7,8)44-32-47-43(31-48(44)52(46)10)49(5,6)41-29-37(24-26-45(41)51(47)9)34(4)39-23-18-17-19-33(39)3/h11,13-20,22-32H,1,3,12,21H2,2,4-10H3/b22-13-,35-28-,39-34+,40-36-. The van der Waals surface area contributed by atoms with Crippen molar-refractivity contribution in [3.05, 3.63) is 183 Å². The Morgan fingerprint density at radius 2 is 1.33 bits per heavy atom. The number of allylic oxidation sites excluding steroid dienone is 11. The first-order chi connectivity index (χ1) is 24.9. The van der Waals surface area contributed by atoms with Crippen LogP contribution in [0.5, 0.6) is 0 Å². The molecule has 0 saturated carbocycles. The van der Waals surface area contributed by atoms with Crippen molar-refractivity contribution in [3.8, 4) is 0 Å². The molecule has 4 aromatic carbocycles. The molecule has 0 unspecified atom stereocenters. The predicted molar refractivity (Wildman–Crippen MR) is 227 cm³/mol. The van der Waals surface area contributed by atoms with Crippen LogP contribution in [0, 0.1) is 0 Å². The lowest BCUT2D eigenvalue weighted by Gasteiger charge is -2.45. The van der Waals surface area contributed by atoms with Gasteiger partial charge in [-0.25, -0.2) is 0 Å². The smallest absolute Gasteiger partial charge is 0.0454 e. The van der Waals surface area contributed by atoms with Gasteiger partial charge in [-0.2, -0.15) is 0 Å². The summed E-state index contributed by atoms with van der Waals surface area (Å²) < 4.78 is 0. The molecular weight excluding hydrogens is 629 g/mol. The second-order valence-corrected chi connectivity index (χ2v) is 15.6. The van der Waals surface area contributed by atoms with Crippen LogP contribution in [0.4, 0.5) is 22.7 Å². The largest absolute Gasteiger partial charge is 0.344 e. The first-order valence-corrected chi connectivity index (χ1v) is 18.7. The number of hydrogen-bond acceptors (Lipinski definition) is 2. The van der Waals surface area contributed by atoms with Crippen molar-refractivity contribution in [1.29, 1.82) is 0 Å². The molecule has 4 aromatic rings. The number of hydrogen-bond donors (Lipinski definition) is 0. The van der Waals surface area contributed by atoms with Crippen molar-refractivity contribution in [2.75, 3.05) is 23.9 Å². The highest BCUT2D eigenvalue weighted by Gasteiger charge is 2.41.